The molecule has 1 fully saturated rings. The van der Waals surface area contributed by atoms with Crippen molar-refractivity contribution >= 4 is 33.2 Å². The van der Waals surface area contributed by atoms with Gasteiger partial charge >= 0.3 is 6.18 Å². The van der Waals surface area contributed by atoms with E-state index in [1.54, 1.807) is 0 Å². The number of Topliss-reactive ketones (excluding diaryl/α,β-unsaturated/α-hetero) is 2. The average Bonchev–Trinajstić information content (AvgIpc) is 2.49. The van der Waals surface area contributed by atoms with Gasteiger partial charge in [0.05, 0.1) is 11.3 Å². The Labute approximate surface area is 143 Å². The van der Waals surface area contributed by atoms with Crippen LogP contribution in [0.25, 0.3) is 0 Å². The van der Waals surface area contributed by atoms with E-state index in [1.807, 2.05) is 6.07 Å². The van der Waals surface area contributed by atoms with Crippen LogP contribution in [0.3, 0.4) is 0 Å². The lowest BCUT2D eigenvalue weighted by atomic mass is 9.81. The van der Waals surface area contributed by atoms with Gasteiger partial charge in [-0.1, -0.05) is 0 Å². The molecule has 1 unspecified atom stereocenters. The molecule has 9 heteroatoms. The fraction of sp³-hybridized carbons (Fsp3) is 0.400. The number of nitriles is 1. The summed E-state index contributed by atoms with van der Waals surface area (Å²) in [4.78, 5) is 23.6. The summed E-state index contributed by atoms with van der Waals surface area (Å²) in [5.74, 6) is -3.34. The number of carbonyl (C=O) groups is 2. The number of azo groups is 1. The van der Waals surface area contributed by atoms with Gasteiger partial charge in [-0.3, -0.25) is 9.59 Å². The fourth-order valence-corrected chi connectivity index (χ4v) is 2.84. The van der Waals surface area contributed by atoms with Gasteiger partial charge in [0.25, 0.3) is 0 Å². The van der Waals surface area contributed by atoms with Crippen molar-refractivity contribution in [1.82, 2.24) is 0 Å². The van der Waals surface area contributed by atoms with Crippen LogP contribution in [0.4, 0.5) is 18.9 Å². The molecule has 1 aliphatic rings. The molecule has 0 saturated heterocycles. The number of alkyl halides is 3. The van der Waals surface area contributed by atoms with E-state index in [4.69, 9.17) is 5.26 Å². The van der Waals surface area contributed by atoms with Gasteiger partial charge in [-0.05, 0) is 40.5 Å². The molecule has 126 valence electrons. The lowest BCUT2D eigenvalue weighted by molar-refractivity contribution is -0.171. The van der Waals surface area contributed by atoms with Crippen molar-refractivity contribution < 1.29 is 22.8 Å². The zero-order valence-corrected chi connectivity index (χ0v) is 13.8. The molecular formula is C15H11BrF3N3O2. The molecule has 1 atom stereocenters. The molecule has 1 aliphatic carbocycles. The number of ketones is 2. The summed E-state index contributed by atoms with van der Waals surface area (Å²) in [6.07, 6.45) is -4.74. The Morgan fingerprint density at radius 1 is 1.25 bits per heavy atom. The Balaban J connectivity index is 2.33. The van der Waals surface area contributed by atoms with Crippen LogP contribution in [-0.4, -0.2) is 23.8 Å². The first-order valence-electron chi connectivity index (χ1n) is 6.96. The zero-order valence-electron chi connectivity index (χ0n) is 12.2. The number of halogens is 4. The first-order valence-corrected chi connectivity index (χ1v) is 7.76. The molecule has 0 radical (unpaired) electrons. The van der Waals surface area contributed by atoms with Crippen molar-refractivity contribution in [3.05, 3.63) is 28.2 Å². The molecule has 0 N–H and O–H groups in total. The zero-order chi connectivity index (χ0) is 17.9. The van der Waals surface area contributed by atoms with E-state index in [0.29, 0.717) is 10.0 Å². The molecule has 0 heterocycles. The smallest absolute Gasteiger partial charge is 0.299 e. The molecule has 0 bridgehead atoms. The van der Waals surface area contributed by atoms with Crippen molar-refractivity contribution in [3.8, 4) is 6.07 Å². The Hall–Kier alpha value is -2.08. The number of carbonyl (C=O) groups excluding carboxylic acids is 2. The number of benzene rings is 1. The third-order valence-electron chi connectivity index (χ3n) is 3.56. The van der Waals surface area contributed by atoms with Gasteiger partial charge in [-0.15, -0.1) is 0 Å². The second-order valence-electron chi connectivity index (χ2n) is 5.24. The van der Waals surface area contributed by atoms with Crippen molar-refractivity contribution in [2.24, 2.45) is 16.1 Å². The largest absolute Gasteiger partial charge is 0.413 e. The number of rotatable bonds is 3. The predicted molar refractivity (Wildman–Crippen MR) is 80.6 cm³/mol. The summed E-state index contributed by atoms with van der Waals surface area (Å²) in [7, 11) is 0. The van der Waals surface area contributed by atoms with Crippen LogP contribution >= 0.6 is 15.9 Å². The summed E-state index contributed by atoms with van der Waals surface area (Å²) in [5.41, 5.74) is 0.366. The summed E-state index contributed by atoms with van der Waals surface area (Å²) in [6, 6.07) is 3.42. The minimum absolute atomic E-state index is 0.0685. The van der Waals surface area contributed by atoms with Crippen molar-refractivity contribution in [2.45, 2.75) is 31.5 Å². The van der Waals surface area contributed by atoms with Gasteiger partial charge in [0.2, 0.25) is 0 Å². The normalized spacial score (nSPS) is 18.0. The van der Waals surface area contributed by atoms with E-state index in [2.05, 4.69) is 26.2 Å². The van der Waals surface area contributed by atoms with Crippen molar-refractivity contribution in [1.29, 1.82) is 5.26 Å². The highest BCUT2D eigenvalue weighted by Crippen LogP contribution is 2.34. The van der Waals surface area contributed by atoms with Crippen LogP contribution in [0.2, 0.25) is 0 Å². The lowest BCUT2D eigenvalue weighted by Crippen LogP contribution is -2.44. The molecule has 5 nitrogen and oxygen atoms in total. The van der Waals surface area contributed by atoms with Crippen LogP contribution in [0, 0.1) is 17.2 Å². The highest BCUT2D eigenvalue weighted by molar-refractivity contribution is 9.10. The highest BCUT2D eigenvalue weighted by atomic mass is 79.9. The van der Waals surface area contributed by atoms with E-state index >= 15 is 0 Å². The van der Waals surface area contributed by atoms with Crippen LogP contribution < -0.4 is 0 Å². The monoisotopic (exact) mass is 401 g/mol. The number of hydrogen-bond donors (Lipinski definition) is 0. The van der Waals surface area contributed by atoms with Gasteiger partial charge in [-0.2, -0.15) is 28.7 Å². The van der Waals surface area contributed by atoms with E-state index in [1.165, 1.54) is 18.2 Å². The van der Waals surface area contributed by atoms with Gasteiger partial charge in [-0.25, -0.2) is 0 Å². The summed E-state index contributed by atoms with van der Waals surface area (Å²) < 4.78 is 40.1. The minimum Gasteiger partial charge on any atom is -0.299 e. The summed E-state index contributed by atoms with van der Waals surface area (Å²) in [5, 5.41) is 15.6. The molecule has 1 aromatic rings. The Morgan fingerprint density at radius 3 is 2.38 bits per heavy atom. The topological polar surface area (TPSA) is 82.7 Å². The minimum atomic E-state index is -4.86. The Kier molecular flexibility index (Phi) is 5.49. The Bertz CT molecular complexity index is 724. The molecule has 1 aromatic carbocycles. The quantitative estimate of drug-likeness (QED) is 0.559. The van der Waals surface area contributed by atoms with Crippen molar-refractivity contribution in [3.63, 3.8) is 0 Å². The van der Waals surface area contributed by atoms with Crippen molar-refractivity contribution in [2.75, 3.05) is 0 Å². The Morgan fingerprint density at radius 2 is 1.88 bits per heavy atom. The molecule has 0 spiro atoms. The highest BCUT2D eigenvalue weighted by Gasteiger charge is 2.51. The van der Waals surface area contributed by atoms with E-state index < -0.39 is 29.7 Å². The number of hydrogen-bond acceptors (Lipinski definition) is 5. The predicted octanol–water partition coefficient (Wildman–Crippen LogP) is 4.27. The van der Waals surface area contributed by atoms with E-state index in [0.717, 1.165) is 0 Å². The van der Waals surface area contributed by atoms with Gasteiger partial charge in [0, 0.05) is 17.3 Å². The summed E-state index contributed by atoms with van der Waals surface area (Å²) >= 11 is 3.09. The SMILES string of the molecule is N#Cc1ccc(N=NC(C2C(=O)CCCC2=O)C(F)(F)F)cc1Br. The first kappa shape index (κ1) is 18.3. The number of nitrogens with zero attached hydrogens (tertiary/aromatic N) is 3. The van der Waals surface area contributed by atoms with Gasteiger partial charge in [0.1, 0.15) is 23.6 Å². The molecular weight excluding hydrogens is 391 g/mol. The third kappa shape index (κ3) is 4.06. The first-order chi connectivity index (χ1) is 11.2. The standard InChI is InChI=1S/C15H11BrF3N3O2/c16-10-6-9(5-4-8(10)7-20)21-22-14(15(17,18)19)13-11(23)2-1-3-12(13)24/h4-6,13-14H,1-3H2. The summed E-state index contributed by atoms with van der Waals surface area (Å²) in [6.45, 7) is 0. The van der Waals surface area contributed by atoms with Crippen LogP contribution in [0.1, 0.15) is 24.8 Å². The molecule has 0 aromatic heterocycles. The molecule has 1 saturated carbocycles. The van der Waals surface area contributed by atoms with Crippen LogP contribution in [0.15, 0.2) is 32.9 Å². The van der Waals surface area contributed by atoms with Gasteiger partial charge < -0.3 is 0 Å². The van der Waals surface area contributed by atoms with Gasteiger partial charge in [0.15, 0.2) is 6.04 Å². The lowest BCUT2D eigenvalue weighted by Gasteiger charge is -2.25. The van der Waals surface area contributed by atoms with E-state index in [9.17, 15) is 22.8 Å². The maximum atomic E-state index is 13.2. The van der Waals surface area contributed by atoms with Crippen LogP contribution in [-0.2, 0) is 9.59 Å². The van der Waals surface area contributed by atoms with Crippen LogP contribution in [0.5, 0.6) is 0 Å². The fourth-order valence-electron chi connectivity index (χ4n) is 2.39. The molecule has 24 heavy (non-hydrogen) atoms. The molecule has 0 aliphatic heterocycles. The second-order valence-corrected chi connectivity index (χ2v) is 6.10. The molecule has 2 rings (SSSR count). The second kappa shape index (κ2) is 7.21. The molecule has 0 amide bonds. The maximum absolute atomic E-state index is 13.2. The maximum Gasteiger partial charge on any atom is 0.413 e. The van der Waals surface area contributed by atoms with E-state index in [-0.39, 0.29) is 24.9 Å². The third-order valence-corrected chi connectivity index (χ3v) is 4.22. The average molecular weight is 402 g/mol.